The molecule has 8 nitrogen and oxygen atoms in total. The van der Waals surface area contributed by atoms with E-state index in [1.54, 1.807) is 24.3 Å². The van der Waals surface area contributed by atoms with Gasteiger partial charge in [0.2, 0.25) is 0 Å². The highest BCUT2D eigenvalue weighted by atomic mass is 16.6. The number of carbonyl (C=O) groups excluding carboxylic acids is 2. The Hall–Kier alpha value is -2.32. The monoisotopic (exact) mass is 619 g/mol. The second-order valence-electron chi connectivity index (χ2n) is 12.5. The van der Waals surface area contributed by atoms with Gasteiger partial charge in [-0.25, -0.2) is 9.59 Å². The summed E-state index contributed by atoms with van der Waals surface area (Å²) in [7, 11) is 3.94. The van der Waals surface area contributed by atoms with Crippen molar-refractivity contribution in [1.29, 1.82) is 0 Å². The fourth-order valence-corrected chi connectivity index (χ4v) is 5.15. The van der Waals surface area contributed by atoms with Gasteiger partial charge in [0.1, 0.15) is 13.5 Å². The van der Waals surface area contributed by atoms with Crippen LogP contribution in [0.2, 0.25) is 0 Å². The molecule has 0 bridgehead atoms. The number of carbonyl (C=O) groups is 2. The topological polar surface area (TPSA) is 83.1 Å². The van der Waals surface area contributed by atoms with Crippen LogP contribution in [0.15, 0.2) is 24.3 Å². The zero-order valence-corrected chi connectivity index (χ0v) is 28.8. The average Bonchev–Trinajstić information content (AvgIpc) is 3.02. The lowest BCUT2D eigenvalue weighted by molar-refractivity contribution is 0.0917. The number of amides is 2. The third-order valence-electron chi connectivity index (χ3n) is 8.00. The van der Waals surface area contributed by atoms with Crippen LogP contribution in [0.3, 0.4) is 0 Å². The maximum Gasteiger partial charge on any atom is 0.412 e. The summed E-state index contributed by atoms with van der Waals surface area (Å²) in [4.78, 5) is 28.5. The van der Waals surface area contributed by atoms with Crippen LogP contribution in [0.5, 0.6) is 0 Å². The molecule has 0 aliphatic rings. The molecule has 1 aromatic carbocycles. The molecular formula is C36H66N4O4. The third kappa shape index (κ3) is 24.1. The second kappa shape index (κ2) is 28.2. The molecule has 2 amide bonds. The molecule has 2 N–H and O–H groups in total. The summed E-state index contributed by atoms with van der Waals surface area (Å²) in [5.41, 5.74) is 1.20. The Balaban J connectivity index is 2.07. The number of unbranched alkanes of at least 4 members (excludes halogenated alkanes) is 18. The van der Waals surface area contributed by atoms with Crippen molar-refractivity contribution in [3.05, 3.63) is 24.3 Å². The molecule has 8 heteroatoms. The molecule has 254 valence electrons. The summed E-state index contributed by atoms with van der Waals surface area (Å²) in [6.07, 6.45) is 25.2. The molecule has 0 aromatic heterocycles. The molecule has 0 aliphatic heterocycles. The Kier molecular flexibility index (Phi) is 25.4. The standard InChI is InChI=1S/C36H66N4O4/c1-5-7-9-11-13-15-17-19-21-23-29-39(3)31-43-35(41)37-33-25-27-34(28-26-33)38-36(42)44-32-40(4)30-24-22-20-18-16-14-12-10-8-6-2/h25-28H,5-24,29-32H2,1-4H3,(H,37,41)(H,38,42). The fraction of sp³-hybridized carbons (Fsp3) is 0.778. The predicted octanol–water partition coefficient (Wildman–Crippen LogP) is 10.4. The highest BCUT2D eigenvalue weighted by molar-refractivity contribution is 5.87. The van der Waals surface area contributed by atoms with E-state index in [-0.39, 0.29) is 13.5 Å². The molecule has 0 spiro atoms. The average molecular weight is 619 g/mol. The SMILES string of the molecule is CCCCCCCCCCCCN(C)COC(=O)Nc1ccc(NC(=O)OCN(C)CCCCCCCCCCCC)cc1. The zero-order valence-electron chi connectivity index (χ0n) is 28.8. The largest absolute Gasteiger partial charge is 0.433 e. The van der Waals surface area contributed by atoms with Gasteiger partial charge in [0.25, 0.3) is 0 Å². The van der Waals surface area contributed by atoms with Crippen molar-refractivity contribution in [3.63, 3.8) is 0 Å². The van der Waals surface area contributed by atoms with E-state index < -0.39 is 12.2 Å². The van der Waals surface area contributed by atoms with Crippen molar-refractivity contribution in [1.82, 2.24) is 9.80 Å². The number of hydrogen-bond acceptors (Lipinski definition) is 6. The molecule has 0 saturated heterocycles. The van der Waals surface area contributed by atoms with Gasteiger partial charge in [-0.15, -0.1) is 0 Å². The van der Waals surface area contributed by atoms with Crippen LogP contribution in [0.1, 0.15) is 142 Å². The summed E-state index contributed by atoms with van der Waals surface area (Å²) in [5, 5.41) is 5.47. The molecule has 0 heterocycles. The molecule has 1 aromatic rings. The van der Waals surface area contributed by atoms with E-state index in [0.717, 1.165) is 25.9 Å². The maximum absolute atomic E-state index is 12.2. The van der Waals surface area contributed by atoms with Crippen molar-refractivity contribution in [2.24, 2.45) is 0 Å². The van der Waals surface area contributed by atoms with Crippen molar-refractivity contribution in [2.75, 3.05) is 51.3 Å². The fourth-order valence-electron chi connectivity index (χ4n) is 5.15. The van der Waals surface area contributed by atoms with E-state index in [0.29, 0.717) is 11.4 Å². The van der Waals surface area contributed by atoms with Gasteiger partial charge in [-0.2, -0.15) is 0 Å². The summed E-state index contributed by atoms with van der Waals surface area (Å²) in [6, 6.07) is 6.90. The number of hydrogen-bond donors (Lipinski definition) is 2. The van der Waals surface area contributed by atoms with Crippen LogP contribution in [0, 0.1) is 0 Å². The summed E-state index contributed by atoms with van der Waals surface area (Å²) >= 11 is 0. The molecule has 0 atom stereocenters. The van der Waals surface area contributed by atoms with E-state index in [4.69, 9.17) is 9.47 Å². The summed E-state index contributed by atoms with van der Waals surface area (Å²) in [5.74, 6) is 0. The predicted molar refractivity (Wildman–Crippen MR) is 185 cm³/mol. The van der Waals surface area contributed by atoms with Crippen molar-refractivity contribution in [3.8, 4) is 0 Å². The quantitative estimate of drug-likeness (QED) is 0.0718. The number of nitrogens with zero attached hydrogens (tertiary/aromatic N) is 2. The van der Waals surface area contributed by atoms with Gasteiger partial charge in [0.15, 0.2) is 0 Å². The first-order chi connectivity index (χ1) is 21.4. The highest BCUT2D eigenvalue weighted by Crippen LogP contribution is 2.15. The summed E-state index contributed by atoms with van der Waals surface area (Å²) in [6.45, 7) is 6.84. The van der Waals surface area contributed by atoms with E-state index in [9.17, 15) is 9.59 Å². The lowest BCUT2D eigenvalue weighted by Gasteiger charge is -2.17. The van der Waals surface area contributed by atoms with E-state index in [1.165, 1.54) is 116 Å². The minimum atomic E-state index is -0.495. The van der Waals surface area contributed by atoms with Crippen LogP contribution >= 0.6 is 0 Å². The lowest BCUT2D eigenvalue weighted by atomic mass is 10.1. The Morgan fingerprint density at radius 3 is 1.07 bits per heavy atom. The van der Waals surface area contributed by atoms with Crippen molar-refractivity contribution in [2.45, 2.75) is 142 Å². The first kappa shape index (κ1) is 39.7. The number of benzene rings is 1. The molecule has 0 unspecified atom stereocenters. The zero-order chi connectivity index (χ0) is 32.1. The Morgan fingerprint density at radius 2 is 0.773 bits per heavy atom. The van der Waals surface area contributed by atoms with Gasteiger partial charge < -0.3 is 9.47 Å². The molecule has 1 rings (SSSR count). The lowest BCUT2D eigenvalue weighted by Crippen LogP contribution is -2.27. The minimum Gasteiger partial charge on any atom is -0.433 e. The van der Waals surface area contributed by atoms with Crippen molar-refractivity contribution < 1.29 is 19.1 Å². The smallest absolute Gasteiger partial charge is 0.412 e. The minimum absolute atomic E-state index is 0.252. The Labute approximate surface area is 270 Å². The molecule has 44 heavy (non-hydrogen) atoms. The van der Waals surface area contributed by atoms with Crippen LogP contribution in [-0.2, 0) is 9.47 Å². The van der Waals surface area contributed by atoms with Gasteiger partial charge in [-0.3, -0.25) is 20.4 Å². The molecular weight excluding hydrogens is 552 g/mol. The first-order valence-corrected chi connectivity index (χ1v) is 17.8. The maximum atomic E-state index is 12.2. The van der Waals surface area contributed by atoms with E-state index >= 15 is 0 Å². The molecule has 0 fully saturated rings. The first-order valence-electron chi connectivity index (χ1n) is 17.8. The Bertz CT molecular complexity index is 754. The summed E-state index contributed by atoms with van der Waals surface area (Å²) < 4.78 is 10.7. The van der Waals surface area contributed by atoms with Crippen LogP contribution in [-0.4, -0.2) is 62.6 Å². The normalized spacial score (nSPS) is 11.2. The molecule has 0 saturated carbocycles. The van der Waals surface area contributed by atoms with Gasteiger partial charge in [-0.05, 0) is 51.2 Å². The second-order valence-corrected chi connectivity index (χ2v) is 12.5. The van der Waals surface area contributed by atoms with Crippen LogP contribution in [0.4, 0.5) is 21.0 Å². The van der Waals surface area contributed by atoms with Crippen molar-refractivity contribution >= 4 is 23.6 Å². The van der Waals surface area contributed by atoms with Crippen LogP contribution < -0.4 is 10.6 Å². The number of nitrogens with one attached hydrogen (secondary N) is 2. The van der Waals surface area contributed by atoms with Gasteiger partial charge in [0.05, 0.1) is 0 Å². The van der Waals surface area contributed by atoms with E-state index in [1.807, 2.05) is 23.9 Å². The van der Waals surface area contributed by atoms with Gasteiger partial charge in [-0.1, -0.05) is 129 Å². The molecule has 0 radical (unpaired) electrons. The number of rotatable bonds is 28. The van der Waals surface area contributed by atoms with Crippen LogP contribution in [0.25, 0.3) is 0 Å². The molecule has 0 aliphatic carbocycles. The van der Waals surface area contributed by atoms with Gasteiger partial charge >= 0.3 is 12.2 Å². The number of ether oxygens (including phenoxy) is 2. The highest BCUT2D eigenvalue weighted by Gasteiger charge is 2.08. The number of anilines is 2. The third-order valence-corrected chi connectivity index (χ3v) is 8.00. The van der Waals surface area contributed by atoms with E-state index in [2.05, 4.69) is 24.5 Å². The Morgan fingerprint density at radius 1 is 0.500 bits per heavy atom. The van der Waals surface area contributed by atoms with Gasteiger partial charge in [0, 0.05) is 24.5 Å².